The molecule has 1 aromatic carbocycles. The van der Waals surface area contributed by atoms with Crippen LogP contribution in [0.15, 0.2) is 22.7 Å². The van der Waals surface area contributed by atoms with Crippen LogP contribution in [0.5, 0.6) is 0 Å². The third-order valence-corrected chi connectivity index (χ3v) is 3.09. The smallest absolute Gasteiger partial charge is 0.405 e. The van der Waals surface area contributed by atoms with E-state index in [4.69, 9.17) is 15.7 Å². The summed E-state index contributed by atoms with van der Waals surface area (Å²) < 4.78 is 5.84. The fourth-order valence-electron chi connectivity index (χ4n) is 1.65. The van der Waals surface area contributed by atoms with Crippen molar-refractivity contribution in [2.24, 2.45) is 11.1 Å². The molecular formula is C13H15BrN2O2. The Kier molecular flexibility index (Phi) is 4.36. The predicted molar refractivity (Wildman–Crippen MR) is 71.7 cm³/mol. The first-order chi connectivity index (χ1) is 8.25. The lowest BCUT2D eigenvalue weighted by Gasteiger charge is -2.30. The van der Waals surface area contributed by atoms with Crippen LogP contribution in [0.1, 0.15) is 38.0 Å². The third kappa shape index (κ3) is 3.47. The second-order valence-corrected chi connectivity index (χ2v) is 5.89. The first kappa shape index (κ1) is 14.5. The van der Waals surface area contributed by atoms with Crippen molar-refractivity contribution in [3.63, 3.8) is 0 Å². The van der Waals surface area contributed by atoms with Crippen LogP contribution in [0, 0.1) is 16.7 Å². The van der Waals surface area contributed by atoms with Crippen LogP contribution >= 0.6 is 15.9 Å². The summed E-state index contributed by atoms with van der Waals surface area (Å²) in [6, 6.07) is 7.29. The van der Waals surface area contributed by atoms with Gasteiger partial charge in [-0.1, -0.05) is 26.8 Å². The molecule has 0 aliphatic rings. The lowest BCUT2D eigenvalue weighted by atomic mass is 9.84. The van der Waals surface area contributed by atoms with Crippen molar-refractivity contribution < 1.29 is 9.53 Å². The van der Waals surface area contributed by atoms with E-state index in [0.29, 0.717) is 10.0 Å². The van der Waals surface area contributed by atoms with Crippen molar-refractivity contribution in [1.82, 2.24) is 0 Å². The predicted octanol–water partition coefficient (Wildman–Crippen LogP) is 3.50. The number of ether oxygens (including phenoxy) is 1. The molecule has 2 N–H and O–H groups in total. The van der Waals surface area contributed by atoms with Crippen molar-refractivity contribution in [2.45, 2.75) is 26.9 Å². The van der Waals surface area contributed by atoms with Crippen LogP contribution in [0.25, 0.3) is 0 Å². The molecule has 0 bridgehead atoms. The first-order valence-corrected chi connectivity index (χ1v) is 6.20. The summed E-state index contributed by atoms with van der Waals surface area (Å²) in [5.41, 5.74) is 6.14. The highest BCUT2D eigenvalue weighted by molar-refractivity contribution is 9.10. The second kappa shape index (κ2) is 5.40. The number of amides is 1. The van der Waals surface area contributed by atoms with Gasteiger partial charge in [0.15, 0.2) is 0 Å². The van der Waals surface area contributed by atoms with Gasteiger partial charge < -0.3 is 10.5 Å². The summed E-state index contributed by atoms with van der Waals surface area (Å²) in [6.07, 6.45) is -1.27. The van der Waals surface area contributed by atoms with Crippen LogP contribution in [-0.2, 0) is 4.74 Å². The molecule has 1 aromatic rings. The van der Waals surface area contributed by atoms with E-state index in [0.717, 1.165) is 5.56 Å². The van der Waals surface area contributed by atoms with Crippen LogP contribution in [0.4, 0.5) is 4.79 Å². The number of hydrogen-bond donors (Lipinski definition) is 1. The number of nitrogens with zero attached hydrogens (tertiary/aromatic N) is 1. The van der Waals surface area contributed by atoms with Gasteiger partial charge in [-0.05, 0) is 33.6 Å². The summed E-state index contributed by atoms with van der Waals surface area (Å²) in [6.45, 7) is 5.85. The average molecular weight is 311 g/mol. The Morgan fingerprint density at radius 2 is 2.11 bits per heavy atom. The first-order valence-electron chi connectivity index (χ1n) is 5.41. The quantitative estimate of drug-likeness (QED) is 0.908. The Hall–Kier alpha value is -1.54. The lowest BCUT2D eigenvalue weighted by molar-refractivity contribution is 0.0359. The minimum Gasteiger partial charge on any atom is -0.441 e. The number of halogens is 1. The van der Waals surface area contributed by atoms with E-state index in [1.807, 2.05) is 20.8 Å². The Bertz CT molecular complexity index is 501. The fourth-order valence-corrected chi connectivity index (χ4v) is 2.13. The maximum absolute atomic E-state index is 11.0. The number of carbonyl (C=O) groups excluding carboxylic acids is 1. The maximum Gasteiger partial charge on any atom is 0.405 e. The summed E-state index contributed by atoms with van der Waals surface area (Å²) in [4.78, 5) is 11.0. The van der Waals surface area contributed by atoms with Crippen molar-refractivity contribution in [1.29, 1.82) is 5.26 Å². The molecule has 4 nitrogen and oxygen atoms in total. The highest BCUT2D eigenvalue weighted by Crippen LogP contribution is 2.37. The van der Waals surface area contributed by atoms with Crippen molar-refractivity contribution >= 4 is 22.0 Å². The SMILES string of the molecule is CC(C)(C)C(OC(N)=O)c1ccc(C#N)c(Br)c1. The van der Waals surface area contributed by atoms with Crippen molar-refractivity contribution in [3.8, 4) is 6.07 Å². The van der Waals surface area contributed by atoms with Gasteiger partial charge in [0.25, 0.3) is 0 Å². The Labute approximate surface area is 115 Å². The molecule has 0 aromatic heterocycles. The highest BCUT2D eigenvalue weighted by atomic mass is 79.9. The largest absolute Gasteiger partial charge is 0.441 e. The number of carbonyl (C=O) groups is 1. The number of benzene rings is 1. The molecule has 0 saturated heterocycles. The molecule has 18 heavy (non-hydrogen) atoms. The van der Waals surface area contributed by atoms with E-state index in [1.165, 1.54) is 0 Å². The molecule has 1 amide bonds. The molecule has 1 rings (SSSR count). The van der Waals surface area contributed by atoms with Crippen LogP contribution in [0.2, 0.25) is 0 Å². The number of hydrogen-bond acceptors (Lipinski definition) is 3. The van der Waals surface area contributed by atoms with Gasteiger partial charge in [-0.15, -0.1) is 0 Å². The molecule has 0 fully saturated rings. The van der Waals surface area contributed by atoms with Gasteiger partial charge in [0, 0.05) is 9.89 Å². The Balaban J connectivity index is 3.18. The second-order valence-electron chi connectivity index (χ2n) is 5.03. The minimum atomic E-state index is -0.810. The molecule has 1 atom stereocenters. The molecule has 0 aliphatic carbocycles. The minimum absolute atomic E-state index is 0.289. The summed E-state index contributed by atoms with van der Waals surface area (Å²) in [5.74, 6) is 0. The van der Waals surface area contributed by atoms with E-state index >= 15 is 0 Å². The van der Waals surface area contributed by atoms with E-state index in [2.05, 4.69) is 22.0 Å². The summed E-state index contributed by atoms with van der Waals surface area (Å²) in [5, 5.41) is 8.87. The maximum atomic E-state index is 11.0. The molecular weight excluding hydrogens is 296 g/mol. The van der Waals surface area contributed by atoms with Crippen LogP contribution in [-0.4, -0.2) is 6.09 Å². The van der Waals surface area contributed by atoms with Gasteiger partial charge in [0.1, 0.15) is 12.2 Å². The van der Waals surface area contributed by atoms with E-state index < -0.39 is 12.2 Å². The van der Waals surface area contributed by atoms with Gasteiger partial charge in [0.05, 0.1) is 5.56 Å². The van der Waals surface area contributed by atoms with Gasteiger partial charge in [-0.25, -0.2) is 4.79 Å². The molecule has 0 saturated carbocycles. The standard InChI is InChI=1S/C13H15BrN2O2/c1-13(2,3)11(18-12(16)17)8-4-5-9(7-15)10(14)6-8/h4-6,11H,1-3H3,(H2,16,17). The van der Waals surface area contributed by atoms with Crippen molar-refractivity contribution in [3.05, 3.63) is 33.8 Å². The van der Waals surface area contributed by atoms with E-state index in [-0.39, 0.29) is 5.41 Å². The van der Waals surface area contributed by atoms with Gasteiger partial charge in [-0.3, -0.25) is 0 Å². The zero-order chi connectivity index (χ0) is 13.9. The van der Waals surface area contributed by atoms with Gasteiger partial charge in [0.2, 0.25) is 0 Å². The molecule has 0 spiro atoms. The summed E-state index contributed by atoms with van der Waals surface area (Å²) in [7, 11) is 0. The van der Waals surface area contributed by atoms with E-state index in [1.54, 1.807) is 18.2 Å². The third-order valence-electron chi connectivity index (χ3n) is 2.44. The van der Waals surface area contributed by atoms with Crippen LogP contribution in [0.3, 0.4) is 0 Å². The molecule has 5 heteroatoms. The molecule has 96 valence electrons. The summed E-state index contributed by atoms with van der Waals surface area (Å²) >= 11 is 3.31. The number of primary amides is 1. The highest BCUT2D eigenvalue weighted by Gasteiger charge is 2.29. The van der Waals surface area contributed by atoms with Crippen LogP contribution < -0.4 is 5.73 Å². The molecule has 0 radical (unpaired) electrons. The molecule has 0 heterocycles. The zero-order valence-corrected chi connectivity index (χ0v) is 12.1. The molecule has 1 unspecified atom stereocenters. The topological polar surface area (TPSA) is 76.1 Å². The fraction of sp³-hybridized carbons (Fsp3) is 0.385. The van der Waals surface area contributed by atoms with E-state index in [9.17, 15) is 4.79 Å². The van der Waals surface area contributed by atoms with Gasteiger partial charge >= 0.3 is 6.09 Å². The zero-order valence-electron chi connectivity index (χ0n) is 10.5. The molecule has 0 aliphatic heterocycles. The Morgan fingerprint density at radius 3 is 2.50 bits per heavy atom. The number of nitrogens with two attached hydrogens (primary N) is 1. The average Bonchev–Trinajstić information content (AvgIpc) is 2.24. The lowest BCUT2D eigenvalue weighted by Crippen LogP contribution is -2.27. The van der Waals surface area contributed by atoms with Gasteiger partial charge in [-0.2, -0.15) is 5.26 Å². The number of nitriles is 1. The number of rotatable bonds is 2. The Morgan fingerprint density at radius 1 is 1.50 bits per heavy atom. The monoisotopic (exact) mass is 310 g/mol. The normalized spacial score (nSPS) is 12.6. The van der Waals surface area contributed by atoms with Crippen molar-refractivity contribution in [2.75, 3.05) is 0 Å².